The zero-order chi connectivity index (χ0) is 21.0. The Morgan fingerprint density at radius 3 is 2.17 bits per heavy atom. The van der Waals surface area contributed by atoms with E-state index in [9.17, 15) is 4.79 Å². The van der Waals surface area contributed by atoms with Gasteiger partial charge in [0.2, 0.25) is 0 Å². The molecule has 2 N–H and O–H groups in total. The summed E-state index contributed by atoms with van der Waals surface area (Å²) in [6.45, 7) is 0.952. The molecule has 0 aromatic heterocycles. The number of nitrogens with two attached hydrogens (primary N) is 1. The largest absolute Gasteiger partial charge is 0.462 e. The number of rotatable bonds is 6. The third-order valence-corrected chi connectivity index (χ3v) is 6.03. The van der Waals surface area contributed by atoms with Crippen molar-refractivity contribution in [1.29, 1.82) is 0 Å². The zero-order valence-electron chi connectivity index (χ0n) is 17.0. The van der Waals surface area contributed by atoms with Crippen molar-refractivity contribution in [3.8, 4) is 0 Å². The maximum Gasteiger partial charge on any atom is 0.310 e. The Morgan fingerprint density at radius 1 is 1.03 bits per heavy atom. The molecule has 4 nitrogen and oxygen atoms in total. The van der Waals surface area contributed by atoms with E-state index in [-0.39, 0.29) is 18.5 Å². The van der Waals surface area contributed by atoms with E-state index in [0.717, 1.165) is 32.2 Å². The quantitative estimate of drug-likeness (QED) is 0.484. The maximum atomic E-state index is 12.3. The predicted octanol–water partition coefficient (Wildman–Crippen LogP) is 5.45. The highest BCUT2D eigenvalue weighted by Crippen LogP contribution is 2.34. The van der Waals surface area contributed by atoms with Gasteiger partial charge in [0, 0.05) is 6.54 Å². The Kier molecular flexibility index (Phi) is 7.44. The van der Waals surface area contributed by atoms with Gasteiger partial charge in [0.25, 0.3) is 0 Å². The molecule has 1 saturated carbocycles. The minimum Gasteiger partial charge on any atom is -0.462 e. The van der Waals surface area contributed by atoms with Crippen LogP contribution in [0.4, 0.5) is 5.69 Å². The maximum absolute atomic E-state index is 12.3. The highest BCUT2D eigenvalue weighted by atomic mass is 35.5. The van der Waals surface area contributed by atoms with E-state index in [0.29, 0.717) is 27.2 Å². The van der Waals surface area contributed by atoms with Crippen LogP contribution in [0.5, 0.6) is 0 Å². The molecule has 0 spiro atoms. The molecule has 1 aliphatic rings. The number of benzene rings is 2. The van der Waals surface area contributed by atoms with E-state index in [1.54, 1.807) is 12.1 Å². The molecule has 0 bridgehead atoms. The van der Waals surface area contributed by atoms with Crippen LogP contribution in [0, 0.1) is 0 Å². The Balaban J connectivity index is 1.48. The Hall–Kier alpha value is -1.75. The second kappa shape index (κ2) is 9.84. The summed E-state index contributed by atoms with van der Waals surface area (Å²) >= 11 is 12.1. The van der Waals surface area contributed by atoms with Crippen molar-refractivity contribution in [1.82, 2.24) is 4.90 Å². The van der Waals surface area contributed by atoms with Crippen LogP contribution in [0.3, 0.4) is 0 Å². The van der Waals surface area contributed by atoms with Crippen molar-refractivity contribution < 1.29 is 9.53 Å². The second-order valence-electron chi connectivity index (χ2n) is 8.09. The average Bonchev–Trinajstić information content (AvgIpc) is 2.67. The van der Waals surface area contributed by atoms with Crippen molar-refractivity contribution in [2.45, 2.75) is 50.7 Å². The standard InChI is InChI=1S/C23H28Cl2N2O2/c1-27(2)14-15-3-5-17(6-4-15)18-7-9-19(10-8-18)29-22(28)13-16-11-20(24)23(26)21(25)12-16/h3-6,11-12,18-19H,7-10,13-14,26H2,1-2H3. The summed E-state index contributed by atoms with van der Waals surface area (Å²) in [5.74, 6) is 0.284. The van der Waals surface area contributed by atoms with Gasteiger partial charge in [0.15, 0.2) is 0 Å². The summed E-state index contributed by atoms with van der Waals surface area (Å²) in [4.78, 5) is 14.5. The number of nitrogens with zero attached hydrogens (tertiary/aromatic N) is 1. The van der Waals surface area contributed by atoms with Crippen LogP contribution >= 0.6 is 23.2 Å². The number of anilines is 1. The van der Waals surface area contributed by atoms with Gasteiger partial charge in [-0.25, -0.2) is 0 Å². The van der Waals surface area contributed by atoms with Crippen LogP contribution in [0.25, 0.3) is 0 Å². The number of ether oxygens (including phenoxy) is 1. The first-order chi connectivity index (χ1) is 13.8. The first-order valence-electron chi connectivity index (χ1n) is 9.98. The molecule has 2 aromatic carbocycles. The zero-order valence-corrected chi connectivity index (χ0v) is 18.5. The fourth-order valence-corrected chi connectivity index (χ4v) is 4.44. The van der Waals surface area contributed by atoms with Gasteiger partial charge >= 0.3 is 5.97 Å². The van der Waals surface area contributed by atoms with Crippen LogP contribution in [0.2, 0.25) is 10.0 Å². The molecule has 1 fully saturated rings. The van der Waals surface area contributed by atoms with Crippen LogP contribution in [0.1, 0.15) is 48.3 Å². The summed E-state index contributed by atoms with van der Waals surface area (Å²) in [5, 5.41) is 0.717. The van der Waals surface area contributed by atoms with Gasteiger partial charge < -0.3 is 15.4 Å². The van der Waals surface area contributed by atoms with E-state index < -0.39 is 0 Å². The number of hydrogen-bond donors (Lipinski definition) is 1. The predicted molar refractivity (Wildman–Crippen MR) is 120 cm³/mol. The van der Waals surface area contributed by atoms with Gasteiger partial charge in [-0.05, 0) is 74.5 Å². The number of hydrogen-bond acceptors (Lipinski definition) is 4. The molecule has 6 heteroatoms. The topological polar surface area (TPSA) is 55.6 Å². The molecule has 156 valence electrons. The minimum atomic E-state index is -0.251. The fourth-order valence-electron chi connectivity index (χ4n) is 3.91. The molecule has 0 saturated heterocycles. The highest BCUT2D eigenvalue weighted by molar-refractivity contribution is 6.38. The first kappa shape index (κ1) is 21.9. The third kappa shape index (κ3) is 6.11. The third-order valence-electron chi connectivity index (χ3n) is 5.41. The average molecular weight is 435 g/mol. The molecule has 0 radical (unpaired) electrons. The summed E-state index contributed by atoms with van der Waals surface area (Å²) in [7, 11) is 4.15. The van der Waals surface area contributed by atoms with Gasteiger partial charge in [-0.3, -0.25) is 4.79 Å². The fraction of sp³-hybridized carbons (Fsp3) is 0.435. The highest BCUT2D eigenvalue weighted by Gasteiger charge is 2.25. The van der Waals surface area contributed by atoms with Gasteiger partial charge in [0.1, 0.15) is 6.10 Å². The lowest BCUT2D eigenvalue weighted by atomic mass is 9.82. The molecule has 0 atom stereocenters. The molecular weight excluding hydrogens is 407 g/mol. The monoisotopic (exact) mass is 434 g/mol. The van der Waals surface area contributed by atoms with Crippen LogP contribution in [0.15, 0.2) is 36.4 Å². The van der Waals surface area contributed by atoms with Crippen molar-refractivity contribution in [3.05, 3.63) is 63.1 Å². The molecule has 29 heavy (non-hydrogen) atoms. The van der Waals surface area contributed by atoms with E-state index >= 15 is 0 Å². The van der Waals surface area contributed by atoms with Crippen LogP contribution in [-0.2, 0) is 22.5 Å². The van der Waals surface area contributed by atoms with Crippen molar-refractivity contribution in [2.75, 3.05) is 19.8 Å². The first-order valence-corrected chi connectivity index (χ1v) is 10.7. The molecule has 1 aliphatic carbocycles. The lowest BCUT2D eigenvalue weighted by molar-refractivity contribution is -0.149. The number of nitrogen functional groups attached to an aromatic ring is 1. The van der Waals surface area contributed by atoms with Gasteiger partial charge in [0.05, 0.1) is 22.2 Å². The number of halogens is 2. The summed E-state index contributed by atoms with van der Waals surface area (Å²) in [5.41, 5.74) is 9.49. The van der Waals surface area contributed by atoms with E-state index in [4.69, 9.17) is 33.7 Å². The molecule has 0 unspecified atom stereocenters. The number of esters is 1. The Bertz CT molecular complexity index is 821. The summed E-state index contributed by atoms with van der Waals surface area (Å²) in [6.07, 6.45) is 3.96. The lowest BCUT2D eigenvalue weighted by Crippen LogP contribution is -2.24. The molecule has 0 amide bonds. The molecule has 0 aliphatic heterocycles. The summed E-state index contributed by atoms with van der Waals surface area (Å²) < 4.78 is 5.69. The van der Waals surface area contributed by atoms with Gasteiger partial charge in [-0.1, -0.05) is 47.5 Å². The van der Waals surface area contributed by atoms with Gasteiger partial charge in [-0.2, -0.15) is 0 Å². The van der Waals surface area contributed by atoms with Crippen molar-refractivity contribution in [3.63, 3.8) is 0 Å². The van der Waals surface area contributed by atoms with E-state index in [2.05, 4.69) is 43.3 Å². The lowest BCUT2D eigenvalue weighted by Gasteiger charge is -2.28. The molecule has 2 aromatic rings. The molecule has 0 heterocycles. The second-order valence-corrected chi connectivity index (χ2v) is 8.91. The number of carbonyl (C=O) groups is 1. The minimum absolute atomic E-state index is 0.0218. The van der Waals surface area contributed by atoms with Crippen LogP contribution < -0.4 is 5.73 Å². The normalized spacial score (nSPS) is 19.3. The van der Waals surface area contributed by atoms with Gasteiger partial charge in [-0.15, -0.1) is 0 Å². The van der Waals surface area contributed by atoms with E-state index in [1.807, 2.05) is 0 Å². The van der Waals surface area contributed by atoms with E-state index in [1.165, 1.54) is 11.1 Å². The number of carbonyl (C=O) groups excluding carboxylic acids is 1. The van der Waals surface area contributed by atoms with Crippen molar-refractivity contribution >= 4 is 34.9 Å². The SMILES string of the molecule is CN(C)Cc1ccc(C2CCC(OC(=O)Cc3cc(Cl)c(N)c(Cl)c3)CC2)cc1. The van der Waals surface area contributed by atoms with Crippen LogP contribution in [-0.4, -0.2) is 31.1 Å². The summed E-state index contributed by atoms with van der Waals surface area (Å²) in [6, 6.07) is 12.2. The Morgan fingerprint density at radius 2 is 1.62 bits per heavy atom. The Labute approximate surface area is 182 Å². The molecular formula is C23H28Cl2N2O2. The van der Waals surface area contributed by atoms with Crippen molar-refractivity contribution in [2.24, 2.45) is 0 Å². The smallest absolute Gasteiger partial charge is 0.310 e. The molecule has 3 rings (SSSR count).